The monoisotopic (exact) mass is 274 g/mol. The standard InChI is InChI=1S/C12H14N6O2/c1-6-3-7(9-5-15-18-17-9)10(16-12(20)14-2)8(4-6)11(13)19/h3-5H,1-2H3,(H2,13,19)(H2,14,16,20)(H,15,17,18). The van der Waals surface area contributed by atoms with Gasteiger partial charge in [-0.1, -0.05) is 0 Å². The lowest BCUT2D eigenvalue weighted by Crippen LogP contribution is -2.27. The maximum absolute atomic E-state index is 11.6. The number of hydrogen-bond acceptors (Lipinski definition) is 4. The molecular weight excluding hydrogens is 260 g/mol. The molecule has 0 bridgehead atoms. The first-order chi connectivity index (χ1) is 9.52. The summed E-state index contributed by atoms with van der Waals surface area (Å²) in [5, 5.41) is 15.2. The van der Waals surface area contributed by atoms with Crippen LogP contribution in [0.15, 0.2) is 18.3 Å². The van der Waals surface area contributed by atoms with Crippen LogP contribution in [0.2, 0.25) is 0 Å². The molecule has 20 heavy (non-hydrogen) atoms. The molecule has 1 aromatic carbocycles. The van der Waals surface area contributed by atoms with Crippen LogP contribution in [0.25, 0.3) is 11.3 Å². The van der Waals surface area contributed by atoms with Crippen molar-refractivity contribution in [3.05, 3.63) is 29.5 Å². The van der Waals surface area contributed by atoms with E-state index in [0.29, 0.717) is 16.9 Å². The second-order valence-corrected chi connectivity index (χ2v) is 4.16. The molecule has 3 amide bonds. The number of aromatic nitrogens is 3. The predicted octanol–water partition coefficient (Wildman–Crippen LogP) is 0.630. The summed E-state index contributed by atoms with van der Waals surface area (Å²) in [5.74, 6) is -0.634. The molecule has 0 aliphatic rings. The quantitative estimate of drug-likeness (QED) is 0.654. The Morgan fingerprint density at radius 3 is 2.65 bits per heavy atom. The average molecular weight is 274 g/mol. The van der Waals surface area contributed by atoms with Gasteiger partial charge in [0.05, 0.1) is 17.4 Å². The molecule has 2 aromatic rings. The first-order valence-corrected chi connectivity index (χ1v) is 5.82. The summed E-state index contributed by atoms with van der Waals surface area (Å²) >= 11 is 0. The Bertz CT molecular complexity index is 650. The van der Waals surface area contributed by atoms with Crippen LogP contribution in [0.3, 0.4) is 0 Å². The van der Waals surface area contributed by atoms with Gasteiger partial charge in [0.15, 0.2) is 0 Å². The average Bonchev–Trinajstić information content (AvgIpc) is 2.93. The molecule has 104 valence electrons. The van der Waals surface area contributed by atoms with Crippen molar-refractivity contribution in [3.8, 4) is 11.3 Å². The third-order valence-corrected chi connectivity index (χ3v) is 2.70. The highest BCUT2D eigenvalue weighted by atomic mass is 16.2. The van der Waals surface area contributed by atoms with Gasteiger partial charge in [0.2, 0.25) is 0 Å². The molecule has 1 heterocycles. The second-order valence-electron chi connectivity index (χ2n) is 4.16. The smallest absolute Gasteiger partial charge is 0.319 e. The van der Waals surface area contributed by atoms with E-state index < -0.39 is 11.9 Å². The number of primary amides is 1. The van der Waals surface area contributed by atoms with E-state index in [2.05, 4.69) is 26.0 Å². The number of urea groups is 1. The van der Waals surface area contributed by atoms with Crippen LogP contribution < -0.4 is 16.4 Å². The van der Waals surface area contributed by atoms with E-state index in [9.17, 15) is 9.59 Å². The van der Waals surface area contributed by atoms with E-state index in [0.717, 1.165) is 5.56 Å². The van der Waals surface area contributed by atoms with Crippen molar-refractivity contribution in [2.24, 2.45) is 5.73 Å². The number of anilines is 1. The number of rotatable bonds is 3. The minimum Gasteiger partial charge on any atom is -0.366 e. The lowest BCUT2D eigenvalue weighted by atomic mass is 10.0. The van der Waals surface area contributed by atoms with E-state index in [1.165, 1.54) is 13.2 Å². The van der Waals surface area contributed by atoms with Crippen LogP contribution in [0.4, 0.5) is 10.5 Å². The SMILES string of the molecule is CNC(=O)Nc1c(C(N)=O)cc(C)cc1-c1cn[nH]n1. The number of carbonyl (C=O) groups excluding carboxylic acids is 2. The second kappa shape index (κ2) is 5.39. The molecule has 0 fully saturated rings. The molecule has 8 nitrogen and oxygen atoms in total. The summed E-state index contributed by atoms with van der Waals surface area (Å²) in [5.41, 5.74) is 7.77. The van der Waals surface area contributed by atoms with Gasteiger partial charge in [-0.25, -0.2) is 4.79 Å². The minimum atomic E-state index is -0.634. The predicted molar refractivity (Wildman–Crippen MR) is 73.2 cm³/mol. The summed E-state index contributed by atoms with van der Waals surface area (Å²) in [6.07, 6.45) is 1.49. The fourth-order valence-corrected chi connectivity index (χ4v) is 1.82. The molecular formula is C12H14N6O2. The zero-order chi connectivity index (χ0) is 14.7. The van der Waals surface area contributed by atoms with Crippen molar-refractivity contribution in [2.75, 3.05) is 12.4 Å². The Hall–Kier alpha value is -2.90. The van der Waals surface area contributed by atoms with Gasteiger partial charge in [-0.2, -0.15) is 15.4 Å². The van der Waals surface area contributed by atoms with Crippen molar-refractivity contribution >= 4 is 17.6 Å². The number of H-pyrrole nitrogens is 1. The van der Waals surface area contributed by atoms with E-state index in [4.69, 9.17) is 5.73 Å². The van der Waals surface area contributed by atoms with Gasteiger partial charge in [0.25, 0.3) is 5.91 Å². The summed E-state index contributed by atoms with van der Waals surface area (Å²) < 4.78 is 0. The molecule has 0 aliphatic heterocycles. The zero-order valence-corrected chi connectivity index (χ0v) is 11.0. The molecule has 5 N–H and O–H groups in total. The number of hydrogen-bond donors (Lipinski definition) is 4. The first kappa shape index (κ1) is 13.5. The van der Waals surface area contributed by atoms with Crippen molar-refractivity contribution < 1.29 is 9.59 Å². The third-order valence-electron chi connectivity index (χ3n) is 2.70. The highest BCUT2D eigenvalue weighted by Crippen LogP contribution is 2.30. The maximum atomic E-state index is 11.6. The molecule has 8 heteroatoms. The molecule has 0 atom stereocenters. The number of benzene rings is 1. The third kappa shape index (κ3) is 2.58. The normalized spacial score (nSPS) is 10.1. The number of nitrogens with zero attached hydrogens (tertiary/aromatic N) is 2. The fraction of sp³-hybridized carbons (Fsp3) is 0.167. The molecule has 2 rings (SSSR count). The van der Waals surface area contributed by atoms with E-state index in [1.54, 1.807) is 12.1 Å². The van der Waals surface area contributed by atoms with E-state index >= 15 is 0 Å². The zero-order valence-electron chi connectivity index (χ0n) is 11.0. The van der Waals surface area contributed by atoms with Crippen molar-refractivity contribution in [1.29, 1.82) is 0 Å². The number of nitrogens with two attached hydrogens (primary N) is 1. The maximum Gasteiger partial charge on any atom is 0.319 e. The number of carbonyl (C=O) groups is 2. The summed E-state index contributed by atoms with van der Waals surface area (Å²) in [6, 6.07) is 2.94. The molecule has 0 saturated carbocycles. The van der Waals surface area contributed by atoms with Crippen molar-refractivity contribution in [2.45, 2.75) is 6.92 Å². The van der Waals surface area contributed by atoms with Crippen LogP contribution in [0.1, 0.15) is 15.9 Å². The number of aromatic amines is 1. The number of nitrogens with one attached hydrogen (secondary N) is 3. The van der Waals surface area contributed by atoms with Crippen LogP contribution >= 0.6 is 0 Å². The van der Waals surface area contributed by atoms with Gasteiger partial charge >= 0.3 is 6.03 Å². The van der Waals surface area contributed by atoms with Gasteiger partial charge in [-0.05, 0) is 24.6 Å². The van der Waals surface area contributed by atoms with Crippen LogP contribution in [-0.4, -0.2) is 34.4 Å². The van der Waals surface area contributed by atoms with Gasteiger partial charge < -0.3 is 16.4 Å². The molecule has 0 aliphatic carbocycles. The topological polar surface area (TPSA) is 126 Å². The largest absolute Gasteiger partial charge is 0.366 e. The van der Waals surface area contributed by atoms with Crippen molar-refractivity contribution in [3.63, 3.8) is 0 Å². The summed E-state index contributed by atoms with van der Waals surface area (Å²) in [7, 11) is 1.48. The van der Waals surface area contributed by atoms with Crippen molar-refractivity contribution in [1.82, 2.24) is 20.7 Å². The number of amides is 3. The summed E-state index contributed by atoms with van der Waals surface area (Å²) in [6.45, 7) is 1.82. The molecule has 0 radical (unpaired) electrons. The lowest BCUT2D eigenvalue weighted by molar-refractivity contribution is 0.100. The van der Waals surface area contributed by atoms with Gasteiger partial charge in [0.1, 0.15) is 5.69 Å². The van der Waals surface area contributed by atoms with Gasteiger partial charge in [-0.15, -0.1) is 0 Å². The molecule has 0 unspecified atom stereocenters. The van der Waals surface area contributed by atoms with Gasteiger partial charge in [0, 0.05) is 12.6 Å². The Morgan fingerprint density at radius 2 is 2.10 bits per heavy atom. The Morgan fingerprint density at radius 1 is 1.35 bits per heavy atom. The highest BCUT2D eigenvalue weighted by molar-refractivity contribution is 6.06. The molecule has 0 spiro atoms. The molecule has 0 saturated heterocycles. The summed E-state index contributed by atoms with van der Waals surface area (Å²) in [4.78, 5) is 23.1. The van der Waals surface area contributed by atoms with Crippen LogP contribution in [0, 0.1) is 6.92 Å². The Balaban J connectivity index is 2.64. The van der Waals surface area contributed by atoms with E-state index in [1.807, 2.05) is 6.92 Å². The molecule has 1 aromatic heterocycles. The minimum absolute atomic E-state index is 0.214. The van der Waals surface area contributed by atoms with Crippen LogP contribution in [-0.2, 0) is 0 Å². The Labute approximate surface area is 114 Å². The van der Waals surface area contributed by atoms with E-state index in [-0.39, 0.29) is 5.56 Å². The number of aryl methyl sites for hydroxylation is 1. The van der Waals surface area contributed by atoms with Gasteiger partial charge in [-0.3, -0.25) is 4.79 Å². The first-order valence-electron chi connectivity index (χ1n) is 5.82. The Kier molecular flexibility index (Phi) is 3.65. The lowest BCUT2D eigenvalue weighted by Gasteiger charge is -2.14. The highest BCUT2D eigenvalue weighted by Gasteiger charge is 2.18. The fourth-order valence-electron chi connectivity index (χ4n) is 1.82. The van der Waals surface area contributed by atoms with Crippen LogP contribution in [0.5, 0.6) is 0 Å².